The molecule has 5 heteroatoms. The third-order valence-electron chi connectivity index (χ3n) is 5.55. The Balaban J connectivity index is 1.98. The van der Waals surface area contributed by atoms with E-state index in [2.05, 4.69) is 29.2 Å². The van der Waals surface area contributed by atoms with E-state index >= 15 is 0 Å². The lowest BCUT2D eigenvalue weighted by atomic mass is 9.65. The molecule has 5 nitrogen and oxygen atoms in total. The fraction of sp³-hybridized carbons (Fsp3) is 0.611. The summed E-state index contributed by atoms with van der Waals surface area (Å²) in [5, 5.41) is 4.21. The van der Waals surface area contributed by atoms with Crippen LogP contribution in [0.1, 0.15) is 31.2 Å². The van der Waals surface area contributed by atoms with E-state index in [-0.39, 0.29) is 5.41 Å². The third-order valence-corrected chi connectivity index (χ3v) is 5.55. The highest BCUT2D eigenvalue weighted by Crippen LogP contribution is 2.49. The summed E-state index contributed by atoms with van der Waals surface area (Å²) in [6.07, 6.45) is 4.23. The standard InChI is InChI=1S/C18H26N2O3/c1-20-10-9-18(8-7-14(19-23-4)12-17(18)20)13-5-6-15(21-2)16(11-13)22-3/h5-6,11,17H,7-10,12H2,1-4H3/t17-,18?/m0/s1. The van der Waals surface area contributed by atoms with Gasteiger partial charge in [0.2, 0.25) is 0 Å². The second-order valence-electron chi connectivity index (χ2n) is 6.52. The van der Waals surface area contributed by atoms with E-state index in [0.29, 0.717) is 6.04 Å². The van der Waals surface area contributed by atoms with Crippen molar-refractivity contribution in [2.45, 2.75) is 37.1 Å². The van der Waals surface area contributed by atoms with E-state index in [1.54, 1.807) is 21.3 Å². The van der Waals surface area contributed by atoms with E-state index in [0.717, 1.165) is 37.3 Å². The summed E-state index contributed by atoms with van der Waals surface area (Å²) >= 11 is 0. The molecule has 0 aromatic heterocycles. The van der Waals surface area contributed by atoms with Crippen molar-refractivity contribution in [1.82, 2.24) is 4.90 Å². The predicted molar refractivity (Wildman–Crippen MR) is 90.6 cm³/mol. The number of benzene rings is 1. The van der Waals surface area contributed by atoms with Crippen LogP contribution in [0.25, 0.3) is 0 Å². The zero-order valence-corrected chi connectivity index (χ0v) is 14.5. The number of rotatable bonds is 4. The largest absolute Gasteiger partial charge is 0.493 e. The number of hydrogen-bond donors (Lipinski definition) is 0. The van der Waals surface area contributed by atoms with Crippen LogP contribution in [0.2, 0.25) is 0 Å². The van der Waals surface area contributed by atoms with E-state index in [9.17, 15) is 0 Å². The molecule has 1 saturated heterocycles. The van der Waals surface area contributed by atoms with Crippen LogP contribution >= 0.6 is 0 Å². The average molecular weight is 318 g/mol. The topological polar surface area (TPSA) is 43.3 Å². The first-order chi connectivity index (χ1) is 11.1. The van der Waals surface area contributed by atoms with Crippen LogP contribution in [0.5, 0.6) is 11.5 Å². The SMILES string of the molecule is CON=C1CCC2(c3ccc(OC)c(OC)c3)CCN(C)[C@H]2C1. The lowest BCUT2D eigenvalue weighted by Crippen LogP contribution is -2.46. The molecule has 1 saturated carbocycles. The molecule has 2 fully saturated rings. The lowest BCUT2D eigenvalue weighted by Gasteiger charge is -2.42. The van der Waals surface area contributed by atoms with Gasteiger partial charge in [-0.3, -0.25) is 0 Å². The summed E-state index contributed by atoms with van der Waals surface area (Å²) in [6, 6.07) is 6.84. The quantitative estimate of drug-likeness (QED) is 0.801. The Morgan fingerprint density at radius 1 is 1.13 bits per heavy atom. The van der Waals surface area contributed by atoms with Crippen LogP contribution in [0.3, 0.4) is 0 Å². The molecular weight excluding hydrogens is 292 g/mol. The Kier molecular flexibility index (Phi) is 4.48. The first-order valence-corrected chi connectivity index (χ1v) is 8.16. The Labute approximate surface area is 138 Å². The minimum atomic E-state index is 0.168. The second-order valence-corrected chi connectivity index (χ2v) is 6.52. The first-order valence-electron chi connectivity index (χ1n) is 8.16. The van der Waals surface area contributed by atoms with Crippen molar-refractivity contribution in [3.8, 4) is 11.5 Å². The molecule has 0 bridgehead atoms. The van der Waals surface area contributed by atoms with Gasteiger partial charge in [-0.1, -0.05) is 11.2 Å². The number of ether oxygens (including phenoxy) is 2. The van der Waals surface area contributed by atoms with E-state index in [1.807, 2.05) is 6.07 Å². The number of nitrogens with zero attached hydrogens (tertiary/aromatic N) is 2. The van der Waals surface area contributed by atoms with Crippen LogP contribution in [0.4, 0.5) is 0 Å². The second kappa shape index (κ2) is 6.40. The zero-order chi connectivity index (χ0) is 16.4. The van der Waals surface area contributed by atoms with Gasteiger partial charge in [0.25, 0.3) is 0 Å². The summed E-state index contributed by atoms with van der Waals surface area (Å²) in [6.45, 7) is 1.11. The molecule has 1 unspecified atom stereocenters. The number of hydrogen-bond acceptors (Lipinski definition) is 5. The number of methoxy groups -OCH3 is 2. The van der Waals surface area contributed by atoms with Crippen LogP contribution in [0, 0.1) is 0 Å². The van der Waals surface area contributed by atoms with E-state index in [4.69, 9.17) is 14.3 Å². The Morgan fingerprint density at radius 2 is 1.91 bits per heavy atom. The maximum absolute atomic E-state index is 5.52. The lowest BCUT2D eigenvalue weighted by molar-refractivity contribution is 0.195. The molecule has 1 aliphatic carbocycles. The van der Waals surface area contributed by atoms with Crippen molar-refractivity contribution in [3.05, 3.63) is 23.8 Å². The van der Waals surface area contributed by atoms with Crippen molar-refractivity contribution in [3.63, 3.8) is 0 Å². The number of oxime groups is 1. The molecule has 1 heterocycles. The molecule has 0 amide bonds. The van der Waals surface area contributed by atoms with Crippen molar-refractivity contribution < 1.29 is 14.3 Å². The minimum absolute atomic E-state index is 0.168. The van der Waals surface area contributed by atoms with Gasteiger partial charge in [-0.2, -0.15) is 0 Å². The third kappa shape index (κ3) is 2.67. The highest BCUT2D eigenvalue weighted by Gasteiger charge is 2.50. The summed E-state index contributed by atoms with van der Waals surface area (Å²) < 4.78 is 10.9. The van der Waals surface area contributed by atoms with Gasteiger partial charge in [0.1, 0.15) is 7.11 Å². The summed E-state index contributed by atoms with van der Waals surface area (Å²) in [5.41, 5.74) is 2.68. The van der Waals surface area contributed by atoms with Gasteiger partial charge in [-0.15, -0.1) is 0 Å². The number of likely N-dealkylation sites (N-methyl/N-ethyl adjacent to an activating group) is 1. The normalized spacial score (nSPS) is 29.4. The van der Waals surface area contributed by atoms with Gasteiger partial charge in [-0.05, 0) is 50.6 Å². The average Bonchev–Trinajstić information content (AvgIpc) is 2.92. The molecule has 1 aromatic rings. The van der Waals surface area contributed by atoms with Gasteiger partial charge >= 0.3 is 0 Å². The van der Waals surface area contributed by atoms with Crippen LogP contribution in [0.15, 0.2) is 23.4 Å². The van der Waals surface area contributed by atoms with Gasteiger partial charge in [0.15, 0.2) is 11.5 Å². The van der Waals surface area contributed by atoms with Crippen LogP contribution in [-0.2, 0) is 10.3 Å². The van der Waals surface area contributed by atoms with Crippen molar-refractivity contribution in [1.29, 1.82) is 0 Å². The Hall–Kier alpha value is -1.75. The van der Waals surface area contributed by atoms with Crippen LogP contribution in [-0.4, -0.2) is 51.6 Å². The van der Waals surface area contributed by atoms with Gasteiger partial charge < -0.3 is 19.2 Å². The monoisotopic (exact) mass is 318 g/mol. The summed E-state index contributed by atoms with van der Waals surface area (Å²) in [5.74, 6) is 1.59. The van der Waals surface area contributed by atoms with Crippen molar-refractivity contribution >= 4 is 5.71 Å². The number of fused-ring (bicyclic) bond motifs is 1. The van der Waals surface area contributed by atoms with E-state index in [1.165, 1.54) is 17.7 Å². The van der Waals surface area contributed by atoms with Gasteiger partial charge in [-0.25, -0.2) is 0 Å². The summed E-state index contributed by atoms with van der Waals surface area (Å²) in [4.78, 5) is 7.46. The Bertz CT molecular complexity index is 602. The fourth-order valence-corrected chi connectivity index (χ4v) is 4.29. The molecule has 2 atom stereocenters. The molecule has 126 valence electrons. The maximum atomic E-state index is 5.52. The van der Waals surface area contributed by atoms with Crippen molar-refractivity contribution in [2.24, 2.45) is 5.16 Å². The molecule has 2 aliphatic rings. The first kappa shape index (κ1) is 16.1. The zero-order valence-electron chi connectivity index (χ0n) is 14.5. The molecule has 1 aromatic carbocycles. The number of likely N-dealkylation sites (tertiary alicyclic amines) is 1. The highest BCUT2D eigenvalue weighted by atomic mass is 16.6. The smallest absolute Gasteiger partial charge is 0.161 e. The van der Waals surface area contributed by atoms with Gasteiger partial charge in [0.05, 0.1) is 19.9 Å². The van der Waals surface area contributed by atoms with E-state index < -0.39 is 0 Å². The Morgan fingerprint density at radius 3 is 2.61 bits per heavy atom. The molecule has 0 N–H and O–H groups in total. The molecule has 23 heavy (non-hydrogen) atoms. The summed E-state index contributed by atoms with van der Waals surface area (Å²) in [7, 11) is 7.21. The van der Waals surface area contributed by atoms with Gasteiger partial charge in [0, 0.05) is 17.9 Å². The maximum Gasteiger partial charge on any atom is 0.161 e. The molecule has 1 aliphatic heterocycles. The van der Waals surface area contributed by atoms with Crippen LogP contribution < -0.4 is 9.47 Å². The molecule has 0 radical (unpaired) electrons. The molecular formula is C18H26N2O3. The molecule has 0 spiro atoms. The minimum Gasteiger partial charge on any atom is -0.493 e. The molecule has 3 rings (SSSR count). The fourth-order valence-electron chi connectivity index (χ4n) is 4.29. The predicted octanol–water partition coefficient (Wildman–Crippen LogP) is 2.83. The van der Waals surface area contributed by atoms with Crippen molar-refractivity contribution in [2.75, 3.05) is 34.9 Å². The highest BCUT2D eigenvalue weighted by molar-refractivity contribution is 5.86.